The predicted molar refractivity (Wildman–Crippen MR) is 148 cm³/mol. The van der Waals surface area contributed by atoms with Crippen molar-refractivity contribution in [1.29, 1.82) is 0 Å². The fraction of sp³-hybridized carbons (Fsp3) is 0.300. The van der Waals surface area contributed by atoms with Gasteiger partial charge in [-0.1, -0.05) is 18.2 Å². The van der Waals surface area contributed by atoms with E-state index >= 15 is 0 Å². The molecule has 0 aromatic heterocycles. The molecular weight excluding hydrogens is 635 g/mol. The first-order valence-electron chi connectivity index (χ1n) is 13.5. The van der Waals surface area contributed by atoms with Crippen LogP contribution in [0.25, 0.3) is 0 Å². The van der Waals surface area contributed by atoms with Crippen LogP contribution in [-0.4, -0.2) is 61.9 Å². The number of carbonyl (C=O) groups is 3. The van der Waals surface area contributed by atoms with Gasteiger partial charge in [0.15, 0.2) is 0 Å². The number of nitrogens with one attached hydrogen (secondary N) is 3. The quantitative estimate of drug-likeness (QED) is 0.219. The molecule has 3 aromatic carbocycles. The smallest absolute Gasteiger partial charge is 0.351 e. The molecule has 0 atom stereocenters. The number of amides is 3. The van der Waals surface area contributed by atoms with Gasteiger partial charge in [-0.3, -0.25) is 19.3 Å². The van der Waals surface area contributed by atoms with Crippen LogP contribution >= 0.6 is 0 Å². The molecule has 0 bridgehead atoms. The van der Waals surface area contributed by atoms with Crippen LogP contribution in [0.4, 0.5) is 39.5 Å². The summed E-state index contributed by atoms with van der Waals surface area (Å²) in [6, 6.07) is 11.2. The van der Waals surface area contributed by atoms with Crippen molar-refractivity contribution in [3.05, 3.63) is 106 Å². The lowest BCUT2D eigenvalue weighted by molar-refractivity contribution is -0.138. The standard InChI is InChI=1S/C30H27F9N4O3/c31-28(32,33)22-7-1-4-19(16-22)25(44)40-10-13-43(14-11-41-26(45)20-5-2-8-23(17-20)29(34,35)36)15-12-42-27(46)21-6-3-9-24(18-21)30(37,38)39/h1-9,16-18H,10-15H2,(H,40,44)(H,41,45)(H,42,46). The van der Waals surface area contributed by atoms with Gasteiger partial charge in [0.1, 0.15) is 0 Å². The molecule has 46 heavy (non-hydrogen) atoms. The Morgan fingerprint density at radius 1 is 0.478 bits per heavy atom. The minimum Gasteiger partial charge on any atom is -0.351 e. The molecule has 3 aromatic rings. The first kappa shape index (κ1) is 35.9. The second-order valence-electron chi connectivity index (χ2n) is 9.85. The van der Waals surface area contributed by atoms with E-state index in [2.05, 4.69) is 16.0 Å². The average molecular weight is 663 g/mol. The monoisotopic (exact) mass is 662 g/mol. The molecule has 0 saturated carbocycles. The van der Waals surface area contributed by atoms with Crippen molar-refractivity contribution in [2.24, 2.45) is 0 Å². The molecule has 16 heteroatoms. The maximum absolute atomic E-state index is 13.0. The summed E-state index contributed by atoms with van der Waals surface area (Å²) >= 11 is 0. The molecular formula is C30H27F9N4O3. The summed E-state index contributed by atoms with van der Waals surface area (Å²) in [4.78, 5) is 39.0. The Kier molecular flexibility index (Phi) is 11.8. The van der Waals surface area contributed by atoms with Crippen molar-refractivity contribution in [2.75, 3.05) is 39.3 Å². The zero-order chi connectivity index (χ0) is 34.1. The van der Waals surface area contributed by atoms with Crippen molar-refractivity contribution in [3.8, 4) is 0 Å². The predicted octanol–water partition coefficient (Wildman–Crippen LogP) is 5.63. The van der Waals surface area contributed by atoms with Crippen LogP contribution in [0.1, 0.15) is 47.8 Å². The molecule has 3 amide bonds. The molecule has 0 unspecified atom stereocenters. The van der Waals surface area contributed by atoms with Crippen LogP contribution in [-0.2, 0) is 18.5 Å². The third kappa shape index (κ3) is 10.8. The van der Waals surface area contributed by atoms with Crippen molar-refractivity contribution in [2.45, 2.75) is 18.5 Å². The van der Waals surface area contributed by atoms with Crippen LogP contribution < -0.4 is 16.0 Å². The van der Waals surface area contributed by atoms with Crippen LogP contribution in [0.5, 0.6) is 0 Å². The van der Waals surface area contributed by atoms with E-state index < -0.39 is 52.9 Å². The van der Waals surface area contributed by atoms with Crippen molar-refractivity contribution < 1.29 is 53.9 Å². The summed E-state index contributed by atoms with van der Waals surface area (Å²) in [6.07, 6.45) is -14.0. The number of rotatable bonds is 12. The number of hydrogen-bond donors (Lipinski definition) is 3. The first-order valence-corrected chi connectivity index (χ1v) is 13.5. The van der Waals surface area contributed by atoms with Gasteiger partial charge in [-0.15, -0.1) is 0 Å². The van der Waals surface area contributed by atoms with Gasteiger partial charge in [0.2, 0.25) is 0 Å². The SMILES string of the molecule is O=C(NCCN(CCNC(=O)c1cccc(C(F)(F)F)c1)CCNC(=O)c1cccc(C(F)(F)F)c1)c1cccc(C(F)(F)F)c1. The van der Waals surface area contributed by atoms with Crippen LogP contribution in [0.15, 0.2) is 72.8 Å². The molecule has 0 aliphatic carbocycles. The number of alkyl halides is 9. The van der Waals surface area contributed by atoms with Gasteiger partial charge >= 0.3 is 18.5 Å². The van der Waals surface area contributed by atoms with E-state index in [1.165, 1.54) is 18.2 Å². The molecule has 0 aliphatic heterocycles. The summed E-state index contributed by atoms with van der Waals surface area (Å²) in [6.45, 7) is -0.161. The lowest BCUT2D eigenvalue weighted by Gasteiger charge is -2.23. The summed E-state index contributed by atoms with van der Waals surface area (Å²) in [7, 11) is 0. The molecule has 3 rings (SSSR count). The maximum Gasteiger partial charge on any atom is 0.416 e. The van der Waals surface area contributed by atoms with E-state index in [0.29, 0.717) is 18.2 Å². The van der Waals surface area contributed by atoms with Crippen molar-refractivity contribution in [1.82, 2.24) is 20.9 Å². The summed E-state index contributed by atoms with van der Waals surface area (Å²) in [5.41, 5.74) is -3.80. The van der Waals surface area contributed by atoms with E-state index in [1.54, 1.807) is 4.90 Å². The van der Waals surface area contributed by atoms with Gasteiger partial charge in [-0.05, 0) is 54.6 Å². The largest absolute Gasteiger partial charge is 0.416 e. The Morgan fingerprint density at radius 3 is 0.978 bits per heavy atom. The normalized spacial score (nSPS) is 12.1. The molecule has 0 heterocycles. The van der Waals surface area contributed by atoms with Gasteiger partial charge in [0.05, 0.1) is 16.7 Å². The minimum atomic E-state index is -4.66. The van der Waals surface area contributed by atoms with Gasteiger partial charge in [-0.25, -0.2) is 0 Å². The highest BCUT2D eigenvalue weighted by molar-refractivity contribution is 5.95. The number of carbonyl (C=O) groups excluding carboxylic acids is 3. The van der Waals surface area contributed by atoms with Crippen molar-refractivity contribution >= 4 is 17.7 Å². The fourth-order valence-electron chi connectivity index (χ4n) is 4.13. The molecule has 0 fully saturated rings. The average Bonchev–Trinajstić information content (AvgIpc) is 2.99. The first-order chi connectivity index (χ1) is 21.4. The molecule has 7 nitrogen and oxygen atoms in total. The molecule has 0 saturated heterocycles. The van der Waals surface area contributed by atoms with Gasteiger partial charge in [0, 0.05) is 56.0 Å². The molecule has 0 radical (unpaired) electrons. The maximum atomic E-state index is 13.0. The Balaban J connectivity index is 1.61. The Hall–Kier alpha value is -4.60. The highest BCUT2D eigenvalue weighted by Crippen LogP contribution is 2.31. The fourth-order valence-corrected chi connectivity index (χ4v) is 4.13. The summed E-state index contributed by atoms with van der Waals surface area (Å²) in [5.74, 6) is -2.41. The summed E-state index contributed by atoms with van der Waals surface area (Å²) in [5, 5.41) is 7.39. The molecule has 3 N–H and O–H groups in total. The lowest BCUT2D eigenvalue weighted by atomic mass is 10.1. The van der Waals surface area contributed by atoms with Crippen LogP contribution in [0.3, 0.4) is 0 Å². The number of hydrogen-bond acceptors (Lipinski definition) is 4. The number of halogens is 9. The highest BCUT2D eigenvalue weighted by atomic mass is 19.4. The topological polar surface area (TPSA) is 90.5 Å². The Morgan fingerprint density at radius 2 is 0.739 bits per heavy atom. The third-order valence-electron chi connectivity index (χ3n) is 6.50. The van der Waals surface area contributed by atoms with Gasteiger partial charge in [0.25, 0.3) is 17.7 Å². The van der Waals surface area contributed by atoms with E-state index in [-0.39, 0.29) is 56.0 Å². The van der Waals surface area contributed by atoms with Crippen LogP contribution in [0, 0.1) is 0 Å². The number of nitrogens with zero attached hydrogens (tertiary/aromatic N) is 1. The zero-order valence-corrected chi connectivity index (χ0v) is 23.7. The minimum absolute atomic E-state index is 0.0452. The van der Waals surface area contributed by atoms with Crippen LogP contribution in [0.2, 0.25) is 0 Å². The summed E-state index contributed by atoms with van der Waals surface area (Å²) < 4.78 is 117. The third-order valence-corrected chi connectivity index (χ3v) is 6.50. The van der Waals surface area contributed by atoms with Crippen molar-refractivity contribution in [3.63, 3.8) is 0 Å². The number of benzene rings is 3. The van der Waals surface area contributed by atoms with Gasteiger partial charge < -0.3 is 16.0 Å². The molecule has 0 spiro atoms. The van der Waals surface area contributed by atoms with E-state index in [9.17, 15) is 53.9 Å². The lowest BCUT2D eigenvalue weighted by Crippen LogP contribution is -2.43. The van der Waals surface area contributed by atoms with E-state index in [1.807, 2.05) is 0 Å². The van der Waals surface area contributed by atoms with E-state index in [0.717, 1.165) is 36.4 Å². The zero-order valence-electron chi connectivity index (χ0n) is 23.7. The second-order valence-corrected chi connectivity index (χ2v) is 9.85. The van der Waals surface area contributed by atoms with E-state index in [4.69, 9.17) is 0 Å². The highest BCUT2D eigenvalue weighted by Gasteiger charge is 2.32. The molecule has 248 valence electrons. The Labute approximate surface area is 256 Å². The second kappa shape index (κ2) is 15.1. The Bertz CT molecular complexity index is 1340. The van der Waals surface area contributed by atoms with Gasteiger partial charge in [-0.2, -0.15) is 39.5 Å². The molecule has 0 aliphatic rings.